The molecule has 1 saturated carbocycles. The number of benzene rings is 1. The number of hydrogen-bond donors (Lipinski definition) is 1. The number of aryl methyl sites for hydroxylation is 1. The standard InChI is InChI=1S/C18H17N3O4/c1-10-2-4-11(5-3-10)13-8-15(25-20-13)18(24)21(12-6-7-12)14-9-16(22)19-17(14)23/h2-5,8,12,14H,6-7,9H2,1H3,(H,19,22,23). The van der Waals surface area contributed by atoms with Crippen LogP contribution in [0.25, 0.3) is 11.3 Å². The lowest BCUT2D eigenvalue weighted by atomic mass is 10.1. The van der Waals surface area contributed by atoms with Gasteiger partial charge in [-0.05, 0) is 19.8 Å². The van der Waals surface area contributed by atoms with Crippen molar-refractivity contribution in [3.05, 3.63) is 41.7 Å². The lowest BCUT2D eigenvalue weighted by molar-refractivity contribution is -0.126. The van der Waals surface area contributed by atoms with Crippen LogP contribution < -0.4 is 5.32 Å². The third-order valence-corrected chi connectivity index (χ3v) is 4.52. The molecule has 3 amide bonds. The van der Waals surface area contributed by atoms with Crippen molar-refractivity contribution in [2.45, 2.75) is 38.3 Å². The average molecular weight is 339 g/mol. The van der Waals surface area contributed by atoms with Crippen LogP contribution in [0.15, 0.2) is 34.9 Å². The molecule has 7 heteroatoms. The Balaban J connectivity index is 1.60. The van der Waals surface area contributed by atoms with Crippen molar-refractivity contribution in [2.75, 3.05) is 0 Å². The fourth-order valence-corrected chi connectivity index (χ4v) is 3.04. The first-order valence-electron chi connectivity index (χ1n) is 8.23. The van der Waals surface area contributed by atoms with Gasteiger partial charge in [0.1, 0.15) is 11.7 Å². The van der Waals surface area contributed by atoms with Gasteiger partial charge in [0.2, 0.25) is 17.6 Å². The van der Waals surface area contributed by atoms with Gasteiger partial charge in [-0.3, -0.25) is 19.7 Å². The van der Waals surface area contributed by atoms with Gasteiger partial charge in [0, 0.05) is 17.7 Å². The van der Waals surface area contributed by atoms with Gasteiger partial charge in [0.15, 0.2) is 0 Å². The summed E-state index contributed by atoms with van der Waals surface area (Å²) in [6, 6.07) is 8.51. The summed E-state index contributed by atoms with van der Waals surface area (Å²) in [7, 11) is 0. The molecule has 1 atom stereocenters. The van der Waals surface area contributed by atoms with E-state index < -0.39 is 17.9 Å². The highest BCUT2D eigenvalue weighted by Crippen LogP contribution is 2.33. The quantitative estimate of drug-likeness (QED) is 0.856. The van der Waals surface area contributed by atoms with Crippen LogP contribution in [-0.4, -0.2) is 39.9 Å². The summed E-state index contributed by atoms with van der Waals surface area (Å²) < 4.78 is 5.23. The second kappa shape index (κ2) is 5.84. The van der Waals surface area contributed by atoms with E-state index in [-0.39, 0.29) is 24.1 Å². The highest BCUT2D eigenvalue weighted by atomic mass is 16.5. The van der Waals surface area contributed by atoms with E-state index in [0.29, 0.717) is 5.69 Å². The number of aromatic nitrogens is 1. The van der Waals surface area contributed by atoms with Crippen molar-refractivity contribution in [3.8, 4) is 11.3 Å². The van der Waals surface area contributed by atoms with Crippen molar-refractivity contribution in [1.29, 1.82) is 0 Å². The van der Waals surface area contributed by atoms with Crippen molar-refractivity contribution in [3.63, 3.8) is 0 Å². The molecule has 1 aliphatic heterocycles. The maximum atomic E-state index is 12.9. The SMILES string of the molecule is Cc1ccc(-c2cc(C(=O)N(C3CC3)C3CC(=O)NC3=O)on2)cc1. The van der Waals surface area contributed by atoms with Gasteiger partial charge in [-0.1, -0.05) is 35.0 Å². The normalized spacial score (nSPS) is 19.8. The molecule has 0 bridgehead atoms. The molecule has 2 aromatic rings. The number of nitrogens with zero attached hydrogens (tertiary/aromatic N) is 2. The van der Waals surface area contributed by atoms with Gasteiger partial charge >= 0.3 is 0 Å². The molecular weight excluding hydrogens is 322 g/mol. The number of carbonyl (C=O) groups is 3. The Hall–Kier alpha value is -2.96. The number of carbonyl (C=O) groups excluding carboxylic acids is 3. The van der Waals surface area contributed by atoms with Crippen LogP contribution in [0.5, 0.6) is 0 Å². The average Bonchev–Trinajstić information content (AvgIpc) is 3.19. The van der Waals surface area contributed by atoms with E-state index in [1.54, 1.807) is 6.07 Å². The van der Waals surface area contributed by atoms with Crippen LogP contribution in [0.3, 0.4) is 0 Å². The van der Waals surface area contributed by atoms with Crippen LogP contribution in [0, 0.1) is 6.92 Å². The zero-order valence-corrected chi connectivity index (χ0v) is 13.7. The fourth-order valence-electron chi connectivity index (χ4n) is 3.04. The third-order valence-electron chi connectivity index (χ3n) is 4.52. The zero-order chi connectivity index (χ0) is 17.6. The van der Waals surface area contributed by atoms with E-state index in [2.05, 4.69) is 10.5 Å². The van der Waals surface area contributed by atoms with Crippen molar-refractivity contribution in [2.24, 2.45) is 0 Å². The fraction of sp³-hybridized carbons (Fsp3) is 0.333. The molecule has 2 aliphatic rings. The number of imide groups is 1. The predicted molar refractivity (Wildman–Crippen MR) is 87.4 cm³/mol. The minimum absolute atomic E-state index is 0.0000295. The largest absolute Gasteiger partial charge is 0.350 e. The number of hydrogen-bond acceptors (Lipinski definition) is 5. The molecular formula is C18H17N3O4. The molecule has 1 unspecified atom stereocenters. The number of rotatable bonds is 4. The smallest absolute Gasteiger partial charge is 0.293 e. The maximum Gasteiger partial charge on any atom is 0.293 e. The first kappa shape index (κ1) is 15.6. The molecule has 2 fully saturated rings. The molecule has 1 saturated heterocycles. The molecule has 4 rings (SSSR count). The van der Waals surface area contributed by atoms with Crippen molar-refractivity contribution >= 4 is 17.7 Å². The molecule has 128 valence electrons. The van der Waals surface area contributed by atoms with E-state index in [4.69, 9.17) is 4.52 Å². The van der Waals surface area contributed by atoms with Gasteiger partial charge in [-0.2, -0.15) is 0 Å². The molecule has 2 heterocycles. The summed E-state index contributed by atoms with van der Waals surface area (Å²) in [6.45, 7) is 1.99. The Bertz CT molecular complexity index is 851. The van der Waals surface area contributed by atoms with Crippen LogP contribution >= 0.6 is 0 Å². The molecule has 1 aromatic heterocycles. The Morgan fingerprint density at radius 3 is 2.56 bits per heavy atom. The predicted octanol–water partition coefficient (Wildman–Crippen LogP) is 1.67. The summed E-state index contributed by atoms with van der Waals surface area (Å²) >= 11 is 0. The van der Waals surface area contributed by atoms with Crippen LogP contribution in [0.1, 0.15) is 35.4 Å². The summed E-state index contributed by atoms with van der Waals surface area (Å²) in [5.41, 5.74) is 2.53. The molecule has 1 N–H and O–H groups in total. The minimum atomic E-state index is -0.763. The Kier molecular flexibility index (Phi) is 3.63. The van der Waals surface area contributed by atoms with E-state index >= 15 is 0 Å². The Labute approximate surface area is 144 Å². The van der Waals surface area contributed by atoms with Crippen molar-refractivity contribution in [1.82, 2.24) is 15.4 Å². The van der Waals surface area contributed by atoms with Crippen LogP contribution in [-0.2, 0) is 9.59 Å². The second-order valence-electron chi connectivity index (χ2n) is 6.52. The Morgan fingerprint density at radius 2 is 1.96 bits per heavy atom. The lowest BCUT2D eigenvalue weighted by Gasteiger charge is -2.25. The number of amides is 3. The van der Waals surface area contributed by atoms with Gasteiger partial charge < -0.3 is 9.42 Å². The van der Waals surface area contributed by atoms with Gasteiger partial charge in [-0.15, -0.1) is 0 Å². The zero-order valence-electron chi connectivity index (χ0n) is 13.7. The molecule has 1 aromatic carbocycles. The third kappa shape index (κ3) is 2.93. The monoisotopic (exact) mass is 339 g/mol. The number of nitrogens with one attached hydrogen (secondary N) is 1. The summed E-state index contributed by atoms with van der Waals surface area (Å²) in [5.74, 6) is -1.10. The van der Waals surface area contributed by atoms with E-state index in [9.17, 15) is 14.4 Å². The highest BCUT2D eigenvalue weighted by Gasteiger charge is 2.45. The first-order valence-corrected chi connectivity index (χ1v) is 8.23. The lowest BCUT2D eigenvalue weighted by Crippen LogP contribution is -2.45. The Morgan fingerprint density at radius 1 is 1.24 bits per heavy atom. The van der Waals surface area contributed by atoms with Crippen LogP contribution in [0.4, 0.5) is 0 Å². The molecule has 7 nitrogen and oxygen atoms in total. The molecule has 0 spiro atoms. The second-order valence-corrected chi connectivity index (χ2v) is 6.52. The van der Waals surface area contributed by atoms with E-state index in [1.807, 2.05) is 31.2 Å². The first-order chi connectivity index (χ1) is 12.0. The van der Waals surface area contributed by atoms with E-state index in [1.165, 1.54) is 4.90 Å². The summed E-state index contributed by atoms with van der Waals surface area (Å²) in [5, 5.41) is 6.22. The maximum absolute atomic E-state index is 12.9. The van der Waals surface area contributed by atoms with E-state index in [0.717, 1.165) is 24.0 Å². The summed E-state index contributed by atoms with van der Waals surface area (Å²) in [6.07, 6.45) is 1.64. The van der Waals surface area contributed by atoms with Gasteiger partial charge in [0.05, 0.1) is 6.42 Å². The minimum Gasteiger partial charge on any atom is -0.350 e. The summed E-state index contributed by atoms with van der Waals surface area (Å²) in [4.78, 5) is 37.8. The molecule has 1 aliphatic carbocycles. The topological polar surface area (TPSA) is 92.5 Å². The molecule has 0 radical (unpaired) electrons. The van der Waals surface area contributed by atoms with Gasteiger partial charge in [-0.25, -0.2) is 0 Å². The van der Waals surface area contributed by atoms with Gasteiger partial charge in [0.25, 0.3) is 5.91 Å². The van der Waals surface area contributed by atoms with Crippen LogP contribution in [0.2, 0.25) is 0 Å². The highest BCUT2D eigenvalue weighted by molar-refractivity contribution is 6.08. The molecule has 25 heavy (non-hydrogen) atoms. The van der Waals surface area contributed by atoms with Crippen molar-refractivity contribution < 1.29 is 18.9 Å².